The number of hydrogen-bond donors (Lipinski definition) is 2. The normalized spacial score (nSPS) is 17.9. The van der Waals surface area contributed by atoms with Gasteiger partial charge in [0.1, 0.15) is 5.76 Å². The molecule has 0 aliphatic carbocycles. The van der Waals surface area contributed by atoms with Crippen LogP contribution >= 0.6 is 11.6 Å². The first-order valence-electron chi connectivity index (χ1n) is 5.70. The minimum Gasteiger partial charge on any atom is -0.449 e. The lowest BCUT2D eigenvalue weighted by Gasteiger charge is -2.26. The van der Waals surface area contributed by atoms with Gasteiger partial charge in [0.25, 0.3) is 0 Å². The van der Waals surface area contributed by atoms with Gasteiger partial charge in [0.05, 0.1) is 0 Å². The molecule has 3 N–H and O–H groups in total. The number of rotatable bonds is 4. The Kier molecular flexibility index (Phi) is 4.23. The van der Waals surface area contributed by atoms with E-state index in [4.69, 9.17) is 21.8 Å². The van der Waals surface area contributed by atoms with Gasteiger partial charge in [0.15, 0.2) is 5.22 Å². The highest BCUT2D eigenvalue weighted by Gasteiger charge is 2.14. The fourth-order valence-corrected chi connectivity index (χ4v) is 2.16. The van der Waals surface area contributed by atoms with Gasteiger partial charge in [-0.25, -0.2) is 0 Å². The zero-order valence-corrected chi connectivity index (χ0v) is 10.1. The van der Waals surface area contributed by atoms with Crippen molar-refractivity contribution in [3.05, 3.63) is 22.6 Å². The van der Waals surface area contributed by atoms with E-state index in [0.717, 1.165) is 50.5 Å². The van der Waals surface area contributed by atoms with Crippen molar-refractivity contribution >= 4 is 11.6 Å². The van der Waals surface area contributed by atoms with Gasteiger partial charge in [-0.15, -0.1) is 0 Å². The molecule has 5 heteroatoms. The van der Waals surface area contributed by atoms with Gasteiger partial charge in [0, 0.05) is 44.7 Å². The van der Waals surface area contributed by atoms with Gasteiger partial charge in [0.2, 0.25) is 0 Å². The number of piperazine rings is 1. The Morgan fingerprint density at radius 2 is 2.19 bits per heavy atom. The van der Waals surface area contributed by atoms with E-state index in [2.05, 4.69) is 10.2 Å². The molecule has 2 rings (SSSR count). The summed E-state index contributed by atoms with van der Waals surface area (Å²) in [6.07, 6.45) is 0.751. The third kappa shape index (κ3) is 2.98. The van der Waals surface area contributed by atoms with Crippen molar-refractivity contribution in [2.45, 2.75) is 13.0 Å². The predicted molar refractivity (Wildman–Crippen MR) is 64.6 cm³/mol. The molecular formula is C11H18ClN3O. The predicted octanol–water partition coefficient (Wildman–Crippen LogP) is 0.839. The van der Waals surface area contributed by atoms with Crippen LogP contribution in [0.2, 0.25) is 5.22 Å². The topological polar surface area (TPSA) is 54.4 Å². The van der Waals surface area contributed by atoms with Crippen LogP contribution in [0.25, 0.3) is 0 Å². The second kappa shape index (κ2) is 5.68. The van der Waals surface area contributed by atoms with E-state index in [0.29, 0.717) is 11.8 Å². The Morgan fingerprint density at radius 3 is 2.88 bits per heavy atom. The van der Waals surface area contributed by atoms with Crippen LogP contribution in [0.3, 0.4) is 0 Å². The summed E-state index contributed by atoms with van der Waals surface area (Å²) in [6.45, 7) is 5.68. The second-order valence-corrected chi connectivity index (χ2v) is 4.42. The summed E-state index contributed by atoms with van der Waals surface area (Å²) in [5.41, 5.74) is 6.56. The maximum Gasteiger partial charge on any atom is 0.197 e. The monoisotopic (exact) mass is 243 g/mol. The summed E-state index contributed by atoms with van der Waals surface area (Å²) in [5.74, 6) is 0.887. The van der Waals surface area contributed by atoms with E-state index < -0.39 is 0 Å². The molecule has 1 fully saturated rings. The van der Waals surface area contributed by atoms with Crippen molar-refractivity contribution in [2.75, 3.05) is 32.7 Å². The Balaban J connectivity index is 1.96. The molecule has 0 saturated carbocycles. The molecule has 0 unspecified atom stereocenters. The maximum atomic E-state index is 6.05. The Bertz CT molecular complexity index is 334. The molecular weight excluding hydrogens is 226 g/mol. The zero-order valence-electron chi connectivity index (χ0n) is 9.34. The minimum atomic E-state index is 0.516. The molecule has 1 aromatic heterocycles. The fourth-order valence-electron chi connectivity index (χ4n) is 1.94. The number of nitrogens with one attached hydrogen (secondary N) is 1. The molecule has 1 aliphatic rings. The standard InChI is InChI=1S/C11H18ClN3O/c12-11-9(7-10(16-11)1-2-13)8-15-5-3-14-4-6-15/h7,14H,1-6,8,13H2. The molecule has 1 aromatic rings. The average molecular weight is 244 g/mol. The molecule has 2 heterocycles. The van der Waals surface area contributed by atoms with Crippen LogP contribution in [0, 0.1) is 0 Å². The van der Waals surface area contributed by atoms with Crippen molar-refractivity contribution in [3.63, 3.8) is 0 Å². The third-order valence-corrected chi connectivity index (χ3v) is 3.12. The first-order chi connectivity index (χ1) is 7.79. The van der Waals surface area contributed by atoms with E-state index in [9.17, 15) is 0 Å². The maximum absolute atomic E-state index is 6.05. The molecule has 0 amide bonds. The van der Waals surface area contributed by atoms with Crippen LogP contribution in [0.4, 0.5) is 0 Å². The van der Waals surface area contributed by atoms with Gasteiger partial charge < -0.3 is 15.5 Å². The molecule has 1 aliphatic heterocycles. The summed E-state index contributed by atoms with van der Waals surface area (Å²) in [7, 11) is 0. The quantitative estimate of drug-likeness (QED) is 0.823. The smallest absolute Gasteiger partial charge is 0.197 e. The van der Waals surface area contributed by atoms with Crippen LogP contribution in [-0.2, 0) is 13.0 Å². The fraction of sp³-hybridized carbons (Fsp3) is 0.636. The van der Waals surface area contributed by atoms with Gasteiger partial charge in [-0.3, -0.25) is 4.90 Å². The number of nitrogens with zero attached hydrogens (tertiary/aromatic N) is 1. The summed E-state index contributed by atoms with van der Waals surface area (Å²) >= 11 is 6.05. The molecule has 1 saturated heterocycles. The van der Waals surface area contributed by atoms with Gasteiger partial charge in [-0.2, -0.15) is 0 Å². The summed E-state index contributed by atoms with van der Waals surface area (Å²) in [4.78, 5) is 2.37. The SMILES string of the molecule is NCCc1cc(CN2CCNCC2)c(Cl)o1. The average Bonchev–Trinajstić information content (AvgIpc) is 2.61. The largest absolute Gasteiger partial charge is 0.449 e. The molecule has 0 bridgehead atoms. The Hall–Kier alpha value is -0.550. The highest BCUT2D eigenvalue weighted by Crippen LogP contribution is 2.22. The number of furan rings is 1. The van der Waals surface area contributed by atoms with Crippen LogP contribution < -0.4 is 11.1 Å². The van der Waals surface area contributed by atoms with Crippen LogP contribution in [0.5, 0.6) is 0 Å². The van der Waals surface area contributed by atoms with Gasteiger partial charge in [-0.05, 0) is 24.2 Å². The van der Waals surface area contributed by atoms with E-state index in [-0.39, 0.29) is 0 Å². The van der Waals surface area contributed by atoms with E-state index >= 15 is 0 Å². The summed E-state index contributed by atoms with van der Waals surface area (Å²) in [6, 6.07) is 2.03. The lowest BCUT2D eigenvalue weighted by molar-refractivity contribution is 0.232. The molecule has 16 heavy (non-hydrogen) atoms. The van der Waals surface area contributed by atoms with Gasteiger partial charge in [-0.1, -0.05) is 0 Å². The first-order valence-corrected chi connectivity index (χ1v) is 6.07. The summed E-state index contributed by atoms with van der Waals surface area (Å²) in [5, 5.41) is 3.84. The van der Waals surface area contributed by atoms with Crippen molar-refractivity contribution in [1.82, 2.24) is 10.2 Å². The lowest BCUT2D eigenvalue weighted by Crippen LogP contribution is -2.42. The molecule has 0 radical (unpaired) electrons. The van der Waals surface area contributed by atoms with Crippen molar-refractivity contribution in [1.29, 1.82) is 0 Å². The Morgan fingerprint density at radius 1 is 1.44 bits per heavy atom. The van der Waals surface area contributed by atoms with Crippen molar-refractivity contribution in [2.24, 2.45) is 5.73 Å². The third-order valence-electron chi connectivity index (χ3n) is 2.80. The van der Waals surface area contributed by atoms with E-state index in [1.807, 2.05) is 6.07 Å². The molecule has 90 valence electrons. The number of nitrogens with two attached hydrogens (primary N) is 1. The molecule has 4 nitrogen and oxygen atoms in total. The van der Waals surface area contributed by atoms with Crippen molar-refractivity contribution < 1.29 is 4.42 Å². The van der Waals surface area contributed by atoms with Crippen molar-refractivity contribution in [3.8, 4) is 0 Å². The first kappa shape index (κ1) is 11.9. The molecule has 0 aromatic carbocycles. The Labute approximate surface area is 101 Å². The molecule has 0 spiro atoms. The second-order valence-electron chi connectivity index (χ2n) is 4.08. The number of halogens is 1. The highest BCUT2D eigenvalue weighted by atomic mass is 35.5. The van der Waals surface area contributed by atoms with Crippen LogP contribution in [0.15, 0.2) is 10.5 Å². The van der Waals surface area contributed by atoms with E-state index in [1.54, 1.807) is 0 Å². The zero-order chi connectivity index (χ0) is 11.4. The lowest BCUT2D eigenvalue weighted by atomic mass is 10.2. The van der Waals surface area contributed by atoms with Crippen LogP contribution in [-0.4, -0.2) is 37.6 Å². The van der Waals surface area contributed by atoms with Gasteiger partial charge >= 0.3 is 0 Å². The number of hydrogen-bond acceptors (Lipinski definition) is 4. The van der Waals surface area contributed by atoms with Crippen LogP contribution in [0.1, 0.15) is 11.3 Å². The summed E-state index contributed by atoms with van der Waals surface area (Å²) < 4.78 is 5.44. The minimum absolute atomic E-state index is 0.516. The highest BCUT2D eigenvalue weighted by molar-refractivity contribution is 6.29. The molecule has 0 atom stereocenters. The van der Waals surface area contributed by atoms with E-state index in [1.165, 1.54) is 0 Å².